The highest BCUT2D eigenvalue weighted by molar-refractivity contribution is 5.68. The predicted octanol–water partition coefficient (Wildman–Crippen LogP) is 5.37. The zero-order chi connectivity index (χ0) is 19.9. The Balaban J connectivity index is 1.67. The Kier molecular flexibility index (Phi) is 5.45. The number of hydrogen-bond donors (Lipinski definition) is 2. The van der Waals surface area contributed by atoms with Gasteiger partial charge in [-0.3, -0.25) is 0 Å². The van der Waals surface area contributed by atoms with Gasteiger partial charge < -0.3 is 10.6 Å². The molecule has 4 aromatic rings. The van der Waals surface area contributed by atoms with Gasteiger partial charge in [0.15, 0.2) is 5.82 Å². The molecule has 5 nitrogen and oxygen atoms in total. The Morgan fingerprint density at radius 2 is 1.41 bits per heavy atom. The van der Waals surface area contributed by atoms with E-state index in [9.17, 15) is 5.26 Å². The van der Waals surface area contributed by atoms with E-state index >= 15 is 0 Å². The maximum Gasteiger partial charge on any atom is 0.163 e. The summed E-state index contributed by atoms with van der Waals surface area (Å²) >= 11 is 0. The van der Waals surface area contributed by atoms with Crippen molar-refractivity contribution in [1.29, 1.82) is 5.26 Å². The second-order valence-corrected chi connectivity index (χ2v) is 6.45. The van der Waals surface area contributed by atoms with E-state index in [1.807, 2.05) is 72.8 Å². The van der Waals surface area contributed by atoms with E-state index in [1.54, 1.807) is 6.07 Å². The molecule has 140 valence electrons. The lowest BCUT2D eigenvalue weighted by molar-refractivity contribution is 1.09. The fourth-order valence-corrected chi connectivity index (χ4v) is 2.93. The van der Waals surface area contributed by atoms with E-state index in [0.717, 1.165) is 11.1 Å². The lowest BCUT2D eigenvalue weighted by Gasteiger charge is -2.12. The molecule has 1 aromatic heterocycles. The molecule has 0 amide bonds. The molecule has 0 atom stereocenters. The summed E-state index contributed by atoms with van der Waals surface area (Å²) in [6.45, 7) is 0.653. The van der Waals surface area contributed by atoms with Gasteiger partial charge in [0.2, 0.25) is 0 Å². The van der Waals surface area contributed by atoms with Crippen molar-refractivity contribution in [3.8, 4) is 17.5 Å². The highest BCUT2D eigenvalue weighted by Gasteiger charge is 2.09. The van der Waals surface area contributed by atoms with Crippen LogP contribution in [0.25, 0.3) is 11.4 Å². The molecule has 0 aliphatic carbocycles. The summed E-state index contributed by atoms with van der Waals surface area (Å²) in [5, 5.41) is 16.0. The lowest BCUT2D eigenvalue weighted by Crippen LogP contribution is -2.05. The highest BCUT2D eigenvalue weighted by Crippen LogP contribution is 2.24. The third-order valence-electron chi connectivity index (χ3n) is 4.38. The maximum absolute atomic E-state index is 9.36. The molecule has 0 aliphatic rings. The van der Waals surface area contributed by atoms with E-state index in [1.165, 1.54) is 0 Å². The molecule has 0 saturated carbocycles. The van der Waals surface area contributed by atoms with Crippen molar-refractivity contribution in [2.45, 2.75) is 6.54 Å². The van der Waals surface area contributed by atoms with Crippen molar-refractivity contribution in [1.82, 2.24) is 9.97 Å². The van der Waals surface area contributed by atoms with Crippen LogP contribution in [0.4, 0.5) is 17.3 Å². The summed E-state index contributed by atoms with van der Waals surface area (Å²) in [5.41, 5.74) is 3.36. The van der Waals surface area contributed by atoms with E-state index in [2.05, 4.69) is 38.8 Å². The minimum Gasteiger partial charge on any atom is -0.366 e. The molecule has 0 saturated heterocycles. The molecule has 5 heteroatoms. The minimum absolute atomic E-state index is 0.561. The van der Waals surface area contributed by atoms with Gasteiger partial charge in [0, 0.05) is 18.2 Å². The van der Waals surface area contributed by atoms with Crippen molar-refractivity contribution in [2.75, 3.05) is 10.6 Å². The number of nitrogens with zero attached hydrogens (tertiary/aromatic N) is 3. The molecule has 2 N–H and O–H groups in total. The number of benzene rings is 3. The number of rotatable bonds is 6. The third kappa shape index (κ3) is 4.57. The van der Waals surface area contributed by atoms with Crippen LogP contribution in [0.1, 0.15) is 11.1 Å². The van der Waals surface area contributed by atoms with Crippen LogP contribution in [0.3, 0.4) is 0 Å². The van der Waals surface area contributed by atoms with E-state index < -0.39 is 0 Å². The zero-order valence-corrected chi connectivity index (χ0v) is 15.7. The number of para-hydroxylation sites is 1. The fraction of sp³-hybridized carbons (Fsp3) is 0.0417. The molecule has 0 radical (unpaired) electrons. The smallest absolute Gasteiger partial charge is 0.163 e. The molecule has 0 bridgehead atoms. The fourth-order valence-electron chi connectivity index (χ4n) is 2.93. The van der Waals surface area contributed by atoms with Crippen LogP contribution < -0.4 is 10.6 Å². The van der Waals surface area contributed by atoms with Crippen LogP contribution in [-0.2, 0) is 6.54 Å². The number of aromatic nitrogens is 2. The van der Waals surface area contributed by atoms with Crippen LogP contribution in [0, 0.1) is 11.3 Å². The van der Waals surface area contributed by atoms with E-state index in [-0.39, 0.29) is 0 Å². The average molecular weight is 377 g/mol. The summed E-state index contributed by atoms with van der Waals surface area (Å²) in [4.78, 5) is 9.33. The maximum atomic E-state index is 9.36. The number of nitriles is 1. The molecule has 0 unspecified atom stereocenters. The Bertz CT molecular complexity index is 1130. The van der Waals surface area contributed by atoms with Crippen LogP contribution in [0.15, 0.2) is 91.0 Å². The molecular formula is C24H19N5. The van der Waals surface area contributed by atoms with Gasteiger partial charge in [0.05, 0.1) is 11.3 Å². The second-order valence-electron chi connectivity index (χ2n) is 6.45. The number of hydrogen-bond acceptors (Lipinski definition) is 5. The molecule has 4 rings (SSSR count). The topological polar surface area (TPSA) is 73.6 Å². The molecule has 3 aromatic carbocycles. The molecule has 29 heavy (non-hydrogen) atoms. The Morgan fingerprint density at radius 3 is 2.17 bits per heavy atom. The van der Waals surface area contributed by atoms with Crippen molar-refractivity contribution in [2.24, 2.45) is 0 Å². The normalized spacial score (nSPS) is 10.2. The monoisotopic (exact) mass is 377 g/mol. The van der Waals surface area contributed by atoms with Gasteiger partial charge >= 0.3 is 0 Å². The molecule has 0 fully saturated rings. The first-order valence-corrected chi connectivity index (χ1v) is 9.30. The van der Waals surface area contributed by atoms with Gasteiger partial charge in [-0.05, 0) is 17.7 Å². The van der Waals surface area contributed by atoms with Gasteiger partial charge in [0.1, 0.15) is 17.7 Å². The first-order valence-electron chi connectivity index (χ1n) is 9.30. The van der Waals surface area contributed by atoms with Crippen LogP contribution >= 0.6 is 0 Å². The summed E-state index contributed by atoms with van der Waals surface area (Å²) in [7, 11) is 0. The highest BCUT2D eigenvalue weighted by atomic mass is 15.1. The third-order valence-corrected chi connectivity index (χ3v) is 4.38. The van der Waals surface area contributed by atoms with Crippen molar-refractivity contribution >= 4 is 17.3 Å². The predicted molar refractivity (Wildman–Crippen MR) is 116 cm³/mol. The second kappa shape index (κ2) is 8.68. The first kappa shape index (κ1) is 18.2. The Hall–Kier alpha value is -4.17. The van der Waals surface area contributed by atoms with Gasteiger partial charge in [-0.2, -0.15) is 5.26 Å². The van der Waals surface area contributed by atoms with E-state index in [0.29, 0.717) is 35.3 Å². The summed E-state index contributed by atoms with van der Waals surface area (Å²) in [6, 6.07) is 31.4. The van der Waals surface area contributed by atoms with Crippen molar-refractivity contribution in [3.05, 3.63) is 102 Å². The van der Waals surface area contributed by atoms with Gasteiger partial charge in [-0.1, -0.05) is 72.8 Å². The average Bonchev–Trinajstić information content (AvgIpc) is 2.79. The van der Waals surface area contributed by atoms with Gasteiger partial charge in [-0.15, -0.1) is 0 Å². The molecular weight excluding hydrogens is 358 g/mol. The van der Waals surface area contributed by atoms with Crippen molar-refractivity contribution < 1.29 is 0 Å². The molecule has 0 spiro atoms. The number of anilines is 3. The Morgan fingerprint density at radius 1 is 0.759 bits per heavy atom. The van der Waals surface area contributed by atoms with Crippen LogP contribution in [0.2, 0.25) is 0 Å². The minimum atomic E-state index is 0.561. The first-order chi connectivity index (χ1) is 14.3. The SMILES string of the molecule is N#Cc1ccccc1Nc1cc(NCc2ccccc2)nc(-c2ccccc2)n1. The molecule has 0 aliphatic heterocycles. The van der Waals surface area contributed by atoms with E-state index in [4.69, 9.17) is 0 Å². The Labute approximate surface area is 169 Å². The summed E-state index contributed by atoms with van der Waals surface area (Å²) < 4.78 is 0. The largest absolute Gasteiger partial charge is 0.366 e. The van der Waals surface area contributed by atoms with Gasteiger partial charge in [-0.25, -0.2) is 9.97 Å². The van der Waals surface area contributed by atoms with Crippen LogP contribution in [-0.4, -0.2) is 9.97 Å². The van der Waals surface area contributed by atoms with Crippen LogP contribution in [0.5, 0.6) is 0 Å². The standard InChI is InChI=1S/C24H19N5/c25-16-20-13-7-8-14-21(20)27-23-15-22(26-17-18-9-3-1-4-10-18)28-24(29-23)19-11-5-2-6-12-19/h1-15H,17H2,(H2,26,27,28,29). The van der Waals surface area contributed by atoms with Crippen molar-refractivity contribution in [3.63, 3.8) is 0 Å². The number of nitrogens with one attached hydrogen (secondary N) is 2. The quantitative estimate of drug-likeness (QED) is 0.472. The lowest BCUT2D eigenvalue weighted by atomic mass is 10.2. The summed E-state index contributed by atoms with van der Waals surface area (Å²) in [6.07, 6.45) is 0. The van der Waals surface area contributed by atoms with Gasteiger partial charge in [0.25, 0.3) is 0 Å². The molecule has 1 heterocycles. The zero-order valence-electron chi connectivity index (χ0n) is 15.7. The summed E-state index contributed by atoms with van der Waals surface area (Å²) in [5.74, 6) is 1.94.